The van der Waals surface area contributed by atoms with Gasteiger partial charge in [-0.3, -0.25) is 4.98 Å². The van der Waals surface area contributed by atoms with E-state index in [1.54, 1.807) is 12.4 Å². The van der Waals surface area contributed by atoms with E-state index in [4.69, 9.17) is 4.74 Å². The molecule has 4 heteroatoms. The van der Waals surface area contributed by atoms with Crippen LogP contribution in [0.3, 0.4) is 0 Å². The highest BCUT2D eigenvalue weighted by Gasteiger charge is 2.08. The molecule has 1 heterocycles. The van der Waals surface area contributed by atoms with Gasteiger partial charge < -0.3 is 10.1 Å². The number of hydrogen-bond acceptors (Lipinski definition) is 3. The van der Waals surface area contributed by atoms with Crippen molar-refractivity contribution in [2.75, 3.05) is 6.54 Å². The highest BCUT2D eigenvalue weighted by Crippen LogP contribution is 2.25. The molecule has 1 unspecified atom stereocenters. The van der Waals surface area contributed by atoms with Gasteiger partial charge in [-0.15, -0.1) is 0 Å². The molecule has 1 atom stereocenters. The number of rotatable bonds is 7. The molecule has 0 aliphatic carbocycles. The number of nitrogens with zero attached hydrogens (tertiary/aromatic N) is 1. The molecule has 0 bridgehead atoms. The molecular formula is C17H21BrN2O. The second-order valence-electron chi connectivity index (χ2n) is 4.92. The Balaban J connectivity index is 2.04. The molecule has 2 aromatic rings. The van der Waals surface area contributed by atoms with Crippen LogP contribution < -0.4 is 10.1 Å². The van der Waals surface area contributed by atoms with Gasteiger partial charge in [0.25, 0.3) is 0 Å². The minimum Gasteiger partial charge on any atom is -0.456 e. The van der Waals surface area contributed by atoms with Crippen molar-refractivity contribution >= 4 is 15.9 Å². The molecule has 0 spiro atoms. The molecule has 3 nitrogen and oxygen atoms in total. The zero-order valence-electron chi connectivity index (χ0n) is 12.5. The summed E-state index contributed by atoms with van der Waals surface area (Å²) in [4.78, 5) is 4.09. The van der Waals surface area contributed by atoms with Crippen LogP contribution in [0.1, 0.15) is 38.3 Å². The molecule has 1 N–H and O–H groups in total. The Morgan fingerprint density at radius 1 is 1.14 bits per heavy atom. The zero-order valence-corrected chi connectivity index (χ0v) is 14.1. The summed E-state index contributed by atoms with van der Waals surface area (Å²) in [5.41, 5.74) is 1.30. The van der Waals surface area contributed by atoms with Gasteiger partial charge in [0.05, 0.1) is 6.20 Å². The van der Waals surface area contributed by atoms with Crippen LogP contribution in [0.5, 0.6) is 11.5 Å². The zero-order chi connectivity index (χ0) is 15.1. The first-order valence-electron chi connectivity index (χ1n) is 7.34. The minimum absolute atomic E-state index is 0.409. The summed E-state index contributed by atoms with van der Waals surface area (Å²) in [6.45, 7) is 5.42. The van der Waals surface area contributed by atoms with E-state index < -0.39 is 0 Å². The molecule has 0 fully saturated rings. The summed E-state index contributed by atoms with van der Waals surface area (Å²) in [6, 6.07) is 10.6. The van der Waals surface area contributed by atoms with Gasteiger partial charge in [-0.2, -0.15) is 0 Å². The lowest BCUT2D eigenvalue weighted by Gasteiger charge is -2.17. The number of pyridine rings is 1. The van der Waals surface area contributed by atoms with Crippen molar-refractivity contribution in [3.63, 3.8) is 0 Å². The topological polar surface area (TPSA) is 34.1 Å². The maximum absolute atomic E-state index is 5.80. The molecule has 2 rings (SSSR count). The molecule has 0 amide bonds. The fourth-order valence-corrected chi connectivity index (χ4v) is 2.51. The Morgan fingerprint density at radius 2 is 1.90 bits per heavy atom. The SMILES string of the molecule is CCCNC(CC)c1ccc(Oc2cncc(Br)c2)cc1. The highest BCUT2D eigenvalue weighted by atomic mass is 79.9. The van der Waals surface area contributed by atoms with Gasteiger partial charge in [-0.25, -0.2) is 0 Å². The quantitative estimate of drug-likeness (QED) is 0.756. The Hall–Kier alpha value is -1.39. The third-order valence-electron chi connectivity index (χ3n) is 3.25. The number of nitrogens with one attached hydrogen (secondary N) is 1. The van der Waals surface area contributed by atoms with Crippen molar-refractivity contribution in [2.24, 2.45) is 0 Å². The Bertz CT molecular complexity index is 557. The lowest BCUT2D eigenvalue weighted by Crippen LogP contribution is -2.21. The van der Waals surface area contributed by atoms with Crippen molar-refractivity contribution in [3.05, 3.63) is 52.8 Å². The summed E-state index contributed by atoms with van der Waals surface area (Å²) in [6.07, 6.45) is 5.67. The van der Waals surface area contributed by atoms with E-state index in [2.05, 4.69) is 52.2 Å². The molecule has 0 aliphatic heterocycles. The summed E-state index contributed by atoms with van der Waals surface area (Å²) in [5, 5.41) is 3.55. The van der Waals surface area contributed by atoms with Crippen molar-refractivity contribution in [1.82, 2.24) is 10.3 Å². The van der Waals surface area contributed by atoms with E-state index in [9.17, 15) is 0 Å². The second kappa shape index (κ2) is 8.15. The number of aromatic nitrogens is 1. The van der Waals surface area contributed by atoms with Crippen molar-refractivity contribution in [2.45, 2.75) is 32.7 Å². The molecule has 1 aromatic carbocycles. The largest absolute Gasteiger partial charge is 0.456 e. The van der Waals surface area contributed by atoms with Crippen LogP contribution in [-0.4, -0.2) is 11.5 Å². The van der Waals surface area contributed by atoms with Crippen LogP contribution in [0.15, 0.2) is 47.2 Å². The van der Waals surface area contributed by atoms with Gasteiger partial charge >= 0.3 is 0 Å². The van der Waals surface area contributed by atoms with Crippen LogP contribution in [0.4, 0.5) is 0 Å². The molecule has 0 aliphatic rings. The predicted octanol–water partition coefficient (Wildman–Crippen LogP) is 5.09. The fraction of sp³-hybridized carbons (Fsp3) is 0.353. The first-order valence-corrected chi connectivity index (χ1v) is 8.14. The number of ether oxygens (including phenoxy) is 1. The Labute approximate surface area is 134 Å². The first kappa shape index (κ1) is 16.0. The van der Waals surface area contributed by atoms with E-state index in [-0.39, 0.29) is 0 Å². The molecule has 1 aromatic heterocycles. The number of halogens is 1. The van der Waals surface area contributed by atoms with Gasteiger partial charge in [-0.05, 0) is 59.1 Å². The third-order valence-corrected chi connectivity index (χ3v) is 3.68. The van der Waals surface area contributed by atoms with E-state index in [1.165, 1.54) is 5.56 Å². The van der Waals surface area contributed by atoms with Crippen LogP contribution in [0.2, 0.25) is 0 Å². The maximum Gasteiger partial charge on any atom is 0.146 e. The van der Waals surface area contributed by atoms with Crippen LogP contribution in [0.25, 0.3) is 0 Å². The number of hydrogen-bond donors (Lipinski definition) is 1. The average molecular weight is 349 g/mol. The van der Waals surface area contributed by atoms with E-state index >= 15 is 0 Å². The predicted molar refractivity (Wildman–Crippen MR) is 89.8 cm³/mol. The minimum atomic E-state index is 0.409. The van der Waals surface area contributed by atoms with E-state index in [0.29, 0.717) is 6.04 Å². The van der Waals surface area contributed by atoms with Gasteiger partial charge in [0, 0.05) is 16.7 Å². The summed E-state index contributed by atoms with van der Waals surface area (Å²) < 4.78 is 6.70. The van der Waals surface area contributed by atoms with Gasteiger partial charge in [-0.1, -0.05) is 26.0 Å². The van der Waals surface area contributed by atoms with Crippen molar-refractivity contribution in [1.29, 1.82) is 0 Å². The molecule has 0 saturated carbocycles. The Kier molecular flexibility index (Phi) is 6.21. The molecule has 0 saturated heterocycles. The normalized spacial score (nSPS) is 12.1. The van der Waals surface area contributed by atoms with Crippen molar-refractivity contribution in [3.8, 4) is 11.5 Å². The summed E-state index contributed by atoms with van der Waals surface area (Å²) in [5.74, 6) is 1.55. The van der Waals surface area contributed by atoms with Crippen LogP contribution in [-0.2, 0) is 0 Å². The molecule has 0 radical (unpaired) electrons. The summed E-state index contributed by atoms with van der Waals surface area (Å²) in [7, 11) is 0. The first-order chi connectivity index (χ1) is 10.2. The number of benzene rings is 1. The monoisotopic (exact) mass is 348 g/mol. The smallest absolute Gasteiger partial charge is 0.146 e. The maximum atomic E-state index is 5.80. The van der Waals surface area contributed by atoms with Crippen LogP contribution >= 0.6 is 15.9 Å². The Morgan fingerprint density at radius 3 is 2.52 bits per heavy atom. The second-order valence-corrected chi connectivity index (χ2v) is 5.84. The van der Waals surface area contributed by atoms with Gasteiger partial charge in [0.15, 0.2) is 0 Å². The van der Waals surface area contributed by atoms with E-state index in [0.717, 1.165) is 35.4 Å². The highest BCUT2D eigenvalue weighted by molar-refractivity contribution is 9.10. The molecular weight excluding hydrogens is 328 g/mol. The fourth-order valence-electron chi connectivity index (χ4n) is 2.17. The van der Waals surface area contributed by atoms with Crippen LogP contribution in [0, 0.1) is 0 Å². The molecule has 112 valence electrons. The standard InChI is InChI=1S/C17H21BrN2O/c1-3-9-20-17(4-2)13-5-7-15(8-6-13)21-16-10-14(18)11-19-12-16/h5-8,10-12,17,20H,3-4,9H2,1-2H3. The lowest BCUT2D eigenvalue weighted by atomic mass is 10.0. The average Bonchev–Trinajstić information content (AvgIpc) is 2.49. The third kappa shape index (κ3) is 4.83. The summed E-state index contributed by atoms with van der Waals surface area (Å²) >= 11 is 3.39. The van der Waals surface area contributed by atoms with Gasteiger partial charge in [0.1, 0.15) is 11.5 Å². The van der Waals surface area contributed by atoms with E-state index in [1.807, 2.05) is 18.2 Å². The van der Waals surface area contributed by atoms with Gasteiger partial charge in [0.2, 0.25) is 0 Å². The van der Waals surface area contributed by atoms with Crippen molar-refractivity contribution < 1.29 is 4.74 Å². The lowest BCUT2D eigenvalue weighted by molar-refractivity contribution is 0.477. The molecule has 21 heavy (non-hydrogen) atoms.